The van der Waals surface area contributed by atoms with E-state index in [2.05, 4.69) is 5.10 Å². The zero-order valence-corrected chi connectivity index (χ0v) is 11.9. The molecule has 0 atom stereocenters. The SMILES string of the molecule is Nc1ccccc1-n1ccc(C(=O)OCCC2CCC2)n1. The van der Waals surface area contributed by atoms with Gasteiger partial charge in [-0.25, -0.2) is 9.48 Å². The van der Waals surface area contributed by atoms with Crippen molar-refractivity contribution in [2.24, 2.45) is 5.92 Å². The van der Waals surface area contributed by atoms with Gasteiger partial charge in [0.05, 0.1) is 18.0 Å². The van der Waals surface area contributed by atoms with E-state index in [4.69, 9.17) is 10.5 Å². The molecule has 0 bridgehead atoms. The maximum atomic E-state index is 11.9. The van der Waals surface area contributed by atoms with Gasteiger partial charge in [-0.05, 0) is 30.5 Å². The van der Waals surface area contributed by atoms with E-state index >= 15 is 0 Å². The molecule has 1 fully saturated rings. The van der Waals surface area contributed by atoms with Crippen LogP contribution in [0, 0.1) is 5.92 Å². The number of nitrogens with zero attached hydrogens (tertiary/aromatic N) is 2. The molecular weight excluding hydrogens is 266 g/mol. The summed E-state index contributed by atoms with van der Waals surface area (Å²) in [6, 6.07) is 9.04. The molecule has 110 valence electrons. The fourth-order valence-corrected chi connectivity index (χ4v) is 2.44. The van der Waals surface area contributed by atoms with Crippen LogP contribution in [-0.4, -0.2) is 22.4 Å². The van der Waals surface area contributed by atoms with Gasteiger partial charge in [0.1, 0.15) is 0 Å². The van der Waals surface area contributed by atoms with Gasteiger partial charge in [-0.2, -0.15) is 5.10 Å². The van der Waals surface area contributed by atoms with E-state index in [1.165, 1.54) is 19.3 Å². The minimum Gasteiger partial charge on any atom is -0.461 e. The lowest BCUT2D eigenvalue weighted by Crippen LogP contribution is -2.16. The number of hydrogen-bond donors (Lipinski definition) is 1. The van der Waals surface area contributed by atoms with Crippen molar-refractivity contribution in [3.8, 4) is 5.69 Å². The number of aromatic nitrogens is 2. The lowest BCUT2D eigenvalue weighted by Gasteiger charge is -2.24. The zero-order valence-electron chi connectivity index (χ0n) is 11.9. The van der Waals surface area contributed by atoms with Crippen LogP contribution in [0.1, 0.15) is 36.2 Å². The van der Waals surface area contributed by atoms with Crippen molar-refractivity contribution < 1.29 is 9.53 Å². The molecule has 1 aromatic carbocycles. The van der Waals surface area contributed by atoms with Gasteiger partial charge >= 0.3 is 5.97 Å². The first-order valence-electron chi connectivity index (χ1n) is 7.32. The Bertz CT molecular complexity index is 632. The Labute approximate surface area is 123 Å². The van der Waals surface area contributed by atoms with Crippen molar-refractivity contribution >= 4 is 11.7 Å². The molecule has 1 heterocycles. The molecule has 0 unspecified atom stereocenters. The van der Waals surface area contributed by atoms with Crippen molar-refractivity contribution in [2.75, 3.05) is 12.3 Å². The highest BCUT2D eigenvalue weighted by atomic mass is 16.5. The molecule has 0 spiro atoms. The second-order valence-electron chi connectivity index (χ2n) is 5.43. The van der Waals surface area contributed by atoms with Crippen LogP contribution in [0.25, 0.3) is 5.69 Å². The molecule has 1 saturated carbocycles. The second-order valence-corrected chi connectivity index (χ2v) is 5.43. The second kappa shape index (κ2) is 5.99. The fraction of sp³-hybridized carbons (Fsp3) is 0.375. The van der Waals surface area contributed by atoms with Crippen molar-refractivity contribution in [3.05, 3.63) is 42.2 Å². The van der Waals surface area contributed by atoms with Crippen LogP contribution in [0.2, 0.25) is 0 Å². The predicted octanol–water partition coefficient (Wildman–Crippen LogP) is 2.80. The number of nitrogens with two attached hydrogens (primary N) is 1. The molecule has 1 aromatic heterocycles. The molecule has 3 rings (SSSR count). The minimum atomic E-state index is -0.373. The fourth-order valence-electron chi connectivity index (χ4n) is 2.44. The van der Waals surface area contributed by atoms with E-state index in [0.29, 0.717) is 18.0 Å². The van der Waals surface area contributed by atoms with E-state index in [9.17, 15) is 4.79 Å². The van der Waals surface area contributed by atoms with Crippen molar-refractivity contribution in [1.29, 1.82) is 0 Å². The molecule has 2 N–H and O–H groups in total. The molecule has 21 heavy (non-hydrogen) atoms. The lowest BCUT2D eigenvalue weighted by molar-refractivity contribution is 0.0457. The van der Waals surface area contributed by atoms with E-state index < -0.39 is 0 Å². The van der Waals surface area contributed by atoms with Gasteiger partial charge in [0, 0.05) is 6.20 Å². The Balaban J connectivity index is 1.61. The molecule has 1 aliphatic carbocycles. The molecule has 5 nitrogen and oxygen atoms in total. The highest BCUT2D eigenvalue weighted by molar-refractivity contribution is 5.87. The number of ether oxygens (including phenoxy) is 1. The number of carbonyl (C=O) groups is 1. The summed E-state index contributed by atoms with van der Waals surface area (Å²) in [4.78, 5) is 11.9. The zero-order chi connectivity index (χ0) is 14.7. The highest BCUT2D eigenvalue weighted by Crippen LogP contribution is 2.29. The number of rotatable bonds is 5. The summed E-state index contributed by atoms with van der Waals surface area (Å²) >= 11 is 0. The Morgan fingerprint density at radius 1 is 1.33 bits per heavy atom. The summed E-state index contributed by atoms with van der Waals surface area (Å²) in [5.74, 6) is 0.363. The number of hydrogen-bond acceptors (Lipinski definition) is 4. The first-order valence-corrected chi connectivity index (χ1v) is 7.32. The molecule has 0 aliphatic heterocycles. The highest BCUT2D eigenvalue weighted by Gasteiger charge is 2.18. The average Bonchev–Trinajstić information content (AvgIpc) is 2.91. The number of nitrogen functional groups attached to an aromatic ring is 1. The third-order valence-corrected chi connectivity index (χ3v) is 3.97. The minimum absolute atomic E-state index is 0.312. The quantitative estimate of drug-likeness (QED) is 0.677. The topological polar surface area (TPSA) is 70.1 Å². The Morgan fingerprint density at radius 2 is 2.14 bits per heavy atom. The van der Waals surface area contributed by atoms with Crippen molar-refractivity contribution in [2.45, 2.75) is 25.7 Å². The summed E-state index contributed by atoms with van der Waals surface area (Å²) in [6.07, 6.45) is 6.51. The van der Waals surface area contributed by atoms with E-state index in [1.54, 1.807) is 23.0 Å². The number of esters is 1. The van der Waals surface area contributed by atoms with Crippen LogP contribution < -0.4 is 5.73 Å². The molecule has 1 aliphatic rings. The number of carbonyl (C=O) groups excluding carboxylic acids is 1. The van der Waals surface area contributed by atoms with E-state index in [0.717, 1.165) is 18.0 Å². The molecule has 5 heteroatoms. The molecule has 0 radical (unpaired) electrons. The van der Waals surface area contributed by atoms with Gasteiger partial charge in [-0.15, -0.1) is 0 Å². The standard InChI is InChI=1S/C16H19N3O2/c17-13-6-1-2-7-15(13)19-10-8-14(18-19)16(20)21-11-9-12-4-3-5-12/h1-2,6-8,10,12H,3-5,9,11,17H2. The van der Waals surface area contributed by atoms with Gasteiger partial charge in [0.2, 0.25) is 0 Å². The molecule has 0 saturated heterocycles. The number of para-hydroxylation sites is 2. The van der Waals surface area contributed by atoms with Crippen LogP contribution in [0.4, 0.5) is 5.69 Å². The first-order chi connectivity index (χ1) is 10.2. The Morgan fingerprint density at radius 3 is 2.86 bits per heavy atom. The van der Waals surface area contributed by atoms with Crippen molar-refractivity contribution in [3.63, 3.8) is 0 Å². The van der Waals surface area contributed by atoms with Gasteiger partial charge in [-0.1, -0.05) is 31.4 Å². The molecular formula is C16H19N3O2. The predicted molar refractivity (Wildman–Crippen MR) is 80.2 cm³/mol. The first kappa shape index (κ1) is 13.7. The van der Waals surface area contributed by atoms with Crippen LogP contribution in [0.3, 0.4) is 0 Å². The Kier molecular flexibility index (Phi) is 3.90. The third kappa shape index (κ3) is 3.07. The van der Waals surface area contributed by atoms with Crippen molar-refractivity contribution in [1.82, 2.24) is 9.78 Å². The van der Waals surface area contributed by atoms with Gasteiger partial charge in [-0.3, -0.25) is 0 Å². The normalized spacial score (nSPS) is 14.7. The summed E-state index contributed by atoms with van der Waals surface area (Å²) < 4.78 is 6.86. The van der Waals surface area contributed by atoms with E-state index in [1.807, 2.05) is 18.2 Å². The monoisotopic (exact) mass is 285 g/mol. The molecule has 2 aromatic rings. The smallest absolute Gasteiger partial charge is 0.358 e. The van der Waals surface area contributed by atoms with Gasteiger partial charge in [0.25, 0.3) is 0 Å². The third-order valence-electron chi connectivity index (χ3n) is 3.97. The van der Waals surface area contributed by atoms with E-state index in [-0.39, 0.29) is 5.97 Å². The molecule has 0 amide bonds. The summed E-state index contributed by atoms with van der Waals surface area (Å²) in [6.45, 7) is 0.476. The lowest BCUT2D eigenvalue weighted by atomic mass is 9.83. The number of benzene rings is 1. The van der Waals surface area contributed by atoms with Crippen LogP contribution in [-0.2, 0) is 4.74 Å². The van der Waals surface area contributed by atoms with Crippen LogP contribution in [0.15, 0.2) is 36.5 Å². The summed E-state index contributed by atoms with van der Waals surface area (Å²) in [5.41, 5.74) is 7.58. The maximum Gasteiger partial charge on any atom is 0.358 e. The van der Waals surface area contributed by atoms with Gasteiger partial charge < -0.3 is 10.5 Å². The number of anilines is 1. The largest absolute Gasteiger partial charge is 0.461 e. The average molecular weight is 285 g/mol. The van der Waals surface area contributed by atoms with Crippen LogP contribution in [0.5, 0.6) is 0 Å². The maximum absolute atomic E-state index is 11.9. The summed E-state index contributed by atoms with van der Waals surface area (Å²) in [5, 5.41) is 4.24. The van der Waals surface area contributed by atoms with Gasteiger partial charge in [0.15, 0.2) is 5.69 Å². The Hall–Kier alpha value is -2.30. The summed E-state index contributed by atoms with van der Waals surface area (Å²) in [7, 11) is 0. The van der Waals surface area contributed by atoms with Crippen LogP contribution >= 0.6 is 0 Å².